The minimum Gasteiger partial charge on any atom is -0.462 e. The Bertz CT molecular complexity index is 826. The number of rotatable bonds is 6. The monoisotopic (exact) mass is 339 g/mol. The Kier molecular flexibility index (Phi) is 5.08. The van der Waals surface area contributed by atoms with Gasteiger partial charge in [-0.2, -0.15) is 0 Å². The molecule has 0 aliphatic carbocycles. The van der Waals surface area contributed by atoms with E-state index in [0.717, 1.165) is 15.9 Å². The Hall–Kier alpha value is -2.86. The van der Waals surface area contributed by atoms with Gasteiger partial charge in [0.1, 0.15) is 10.6 Å². The van der Waals surface area contributed by atoms with Crippen molar-refractivity contribution in [3.05, 3.63) is 65.8 Å². The molecule has 0 radical (unpaired) electrons. The second-order valence-electron chi connectivity index (χ2n) is 4.90. The van der Waals surface area contributed by atoms with Gasteiger partial charge in [0.15, 0.2) is 0 Å². The third kappa shape index (κ3) is 3.72. The highest BCUT2D eigenvalue weighted by atomic mass is 32.1. The van der Waals surface area contributed by atoms with Gasteiger partial charge in [-0.3, -0.25) is 0 Å². The molecule has 2 aromatic carbocycles. The molecule has 0 fully saturated rings. The van der Waals surface area contributed by atoms with Gasteiger partial charge in [0.05, 0.1) is 22.5 Å². The number of esters is 1. The number of hydrogen-bond acceptors (Lipinski definition) is 6. The van der Waals surface area contributed by atoms with Gasteiger partial charge >= 0.3 is 5.97 Å². The van der Waals surface area contributed by atoms with Crippen molar-refractivity contribution in [3.63, 3.8) is 0 Å². The van der Waals surface area contributed by atoms with E-state index >= 15 is 0 Å². The molecule has 0 saturated carbocycles. The second kappa shape index (κ2) is 7.61. The molecule has 5 nitrogen and oxygen atoms in total. The third-order valence-electron chi connectivity index (χ3n) is 3.23. The van der Waals surface area contributed by atoms with Gasteiger partial charge in [0.2, 0.25) is 0 Å². The largest absolute Gasteiger partial charge is 0.462 e. The molecular weight excluding hydrogens is 322 g/mol. The van der Waals surface area contributed by atoms with Crippen molar-refractivity contribution in [2.45, 2.75) is 6.92 Å². The predicted octanol–water partition coefficient (Wildman–Crippen LogP) is 3.82. The first-order valence-electron chi connectivity index (χ1n) is 7.57. The first-order valence-corrected chi connectivity index (χ1v) is 8.39. The van der Waals surface area contributed by atoms with Crippen molar-refractivity contribution in [3.8, 4) is 0 Å². The van der Waals surface area contributed by atoms with Crippen LogP contribution in [-0.2, 0) is 9.53 Å². The van der Waals surface area contributed by atoms with E-state index in [-0.39, 0.29) is 0 Å². The normalized spacial score (nSPS) is 11.3. The first kappa shape index (κ1) is 16.0. The smallest absolute Gasteiger partial charge is 0.342 e. The van der Waals surface area contributed by atoms with Crippen molar-refractivity contribution < 1.29 is 9.53 Å². The lowest BCUT2D eigenvalue weighted by Gasteiger charge is -2.08. The summed E-state index contributed by atoms with van der Waals surface area (Å²) in [5, 5.41) is 0.622. The highest BCUT2D eigenvalue weighted by molar-refractivity contribution is 7.19. The Morgan fingerprint density at radius 3 is 2.67 bits per heavy atom. The Balaban J connectivity index is 1.85. The highest BCUT2D eigenvalue weighted by Gasteiger charge is 2.17. The Labute approximate surface area is 144 Å². The van der Waals surface area contributed by atoms with E-state index < -0.39 is 5.97 Å². The Morgan fingerprint density at radius 2 is 1.92 bits per heavy atom. The molecule has 3 rings (SSSR count). The summed E-state index contributed by atoms with van der Waals surface area (Å²) in [7, 11) is 0. The average molecular weight is 339 g/mol. The molecule has 1 heterocycles. The van der Waals surface area contributed by atoms with Crippen molar-refractivity contribution in [1.29, 1.82) is 0 Å². The number of ether oxygens (including phenoxy) is 1. The molecule has 0 unspecified atom stereocenters. The molecule has 6 heteroatoms. The van der Waals surface area contributed by atoms with Gasteiger partial charge in [-0.1, -0.05) is 30.3 Å². The summed E-state index contributed by atoms with van der Waals surface area (Å²) in [5.74, 6) is -0.404. The van der Waals surface area contributed by atoms with Crippen LogP contribution in [0.2, 0.25) is 0 Å². The van der Waals surface area contributed by atoms with Crippen LogP contribution in [0.1, 0.15) is 11.9 Å². The number of anilines is 1. The molecular formula is C18H17N3O2S. The molecule has 0 aliphatic heterocycles. The summed E-state index contributed by atoms with van der Waals surface area (Å²) in [6, 6.07) is 17.4. The topological polar surface area (TPSA) is 63.2 Å². The number of nitrogens with zero attached hydrogens (tertiary/aromatic N) is 1. The summed E-state index contributed by atoms with van der Waals surface area (Å²) >= 11 is 1.46. The van der Waals surface area contributed by atoms with E-state index in [1.165, 1.54) is 11.3 Å². The second-order valence-corrected chi connectivity index (χ2v) is 5.93. The van der Waals surface area contributed by atoms with Crippen molar-refractivity contribution in [1.82, 2.24) is 10.4 Å². The van der Waals surface area contributed by atoms with Gasteiger partial charge in [0, 0.05) is 6.20 Å². The number of aromatic nitrogens is 1. The van der Waals surface area contributed by atoms with Gasteiger partial charge in [-0.05, 0) is 31.2 Å². The maximum atomic E-state index is 12.3. The number of benzene rings is 2. The summed E-state index contributed by atoms with van der Waals surface area (Å²) < 4.78 is 6.18. The van der Waals surface area contributed by atoms with Crippen molar-refractivity contribution >= 4 is 38.8 Å². The molecule has 0 amide bonds. The summed E-state index contributed by atoms with van der Waals surface area (Å²) in [6.07, 6.45) is 1.59. The van der Waals surface area contributed by atoms with E-state index in [0.29, 0.717) is 17.2 Å². The van der Waals surface area contributed by atoms with Crippen LogP contribution < -0.4 is 10.9 Å². The number of fused-ring (bicyclic) bond motifs is 1. The predicted molar refractivity (Wildman–Crippen MR) is 97.4 cm³/mol. The number of hydrogen-bond donors (Lipinski definition) is 2. The molecule has 1 aromatic heterocycles. The van der Waals surface area contributed by atoms with Crippen LogP contribution >= 0.6 is 11.3 Å². The first-order chi connectivity index (χ1) is 11.8. The standard InChI is InChI=1S/C18H17N3O2S/c1-2-23-18(22)14(12-19-21-13-8-4-3-5-9-13)17-20-15-10-6-7-11-16(15)24-17/h3-12,19,21H,2H2,1H3/b14-12-. The van der Waals surface area contributed by atoms with Crippen molar-refractivity contribution in [2.75, 3.05) is 12.0 Å². The van der Waals surface area contributed by atoms with Gasteiger partial charge in [-0.15, -0.1) is 11.3 Å². The highest BCUT2D eigenvalue weighted by Crippen LogP contribution is 2.27. The summed E-state index contributed by atoms with van der Waals surface area (Å²) in [4.78, 5) is 16.8. The fraction of sp³-hybridized carbons (Fsp3) is 0.111. The molecule has 0 spiro atoms. The van der Waals surface area contributed by atoms with Crippen LogP contribution in [-0.4, -0.2) is 17.6 Å². The average Bonchev–Trinajstić information content (AvgIpc) is 3.03. The number of thiazole rings is 1. The van der Waals surface area contributed by atoms with Crippen LogP contribution in [0.4, 0.5) is 5.69 Å². The molecule has 122 valence electrons. The molecule has 2 N–H and O–H groups in total. The van der Waals surface area contributed by atoms with Gasteiger partial charge in [0.25, 0.3) is 0 Å². The lowest BCUT2D eigenvalue weighted by molar-refractivity contribution is -0.136. The van der Waals surface area contributed by atoms with E-state index in [2.05, 4.69) is 15.8 Å². The Morgan fingerprint density at radius 1 is 1.17 bits per heavy atom. The molecule has 0 saturated heterocycles. The van der Waals surface area contributed by atoms with E-state index in [9.17, 15) is 4.79 Å². The lowest BCUT2D eigenvalue weighted by atomic mass is 10.3. The quantitative estimate of drug-likeness (QED) is 0.406. The number of para-hydroxylation sites is 2. The zero-order chi connectivity index (χ0) is 16.8. The molecule has 0 atom stereocenters. The number of nitrogens with one attached hydrogen (secondary N) is 2. The maximum Gasteiger partial charge on any atom is 0.342 e. The zero-order valence-electron chi connectivity index (χ0n) is 13.2. The molecule has 24 heavy (non-hydrogen) atoms. The van der Waals surface area contributed by atoms with Gasteiger partial charge in [-0.25, -0.2) is 9.78 Å². The van der Waals surface area contributed by atoms with Crippen LogP contribution in [0.3, 0.4) is 0 Å². The fourth-order valence-electron chi connectivity index (χ4n) is 2.12. The van der Waals surface area contributed by atoms with Crippen LogP contribution in [0.5, 0.6) is 0 Å². The number of hydrazine groups is 1. The summed E-state index contributed by atoms with van der Waals surface area (Å²) in [5.41, 5.74) is 8.10. The van der Waals surface area contributed by atoms with Crippen molar-refractivity contribution in [2.24, 2.45) is 0 Å². The van der Waals surface area contributed by atoms with Crippen LogP contribution in [0.15, 0.2) is 60.8 Å². The molecule has 0 aliphatic rings. The van der Waals surface area contributed by atoms with Crippen LogP contribution in [0.25, 0.3) is 15.8 Å². The minimum absolute atomic E-state index is 0.313. The number of carbonyl (C=O) groups is 1. The third-order valence-corrected chi connectivity index (χ3v) is 4.30. The lowest BCUT2D eigenvalue weighted by Crippen LogP contribution is -2.17. The fourth-order valence-corrected chi connectivity index (χ4v) is 3.09. The molecule has 0 bridgehead atoms. The van der Waals surface area contributed by atoms with E-state index in [1.807, 2.05) is 54.6 Å². The minimum atomic E-state index is -0.404. The number of carbonyl (C=O) groups excluding carboxylic acids is 1. The van der Waals surface area contributed by atoms with E-state index in [1.54, 1.807) is 13.1 Å². The van der Waals surface area contributed by atoms with E-state index in [4.69, 9.17) is 4.74 Å². The summed E-state index contributed by atoms with van der Waals surface area (Å²) in [6.45, 7) is 2.09. The zero-order valence-corrected chi connectivity index (χ0v) is 14.0. The molecule has 3 aromatic rings. The SMILES string of the molecule is CCOC(=O)/C(=C\NNc1ccccc1)c1nc2ccccc2s1. The van der Waals surface area contributed by atoms with Crippen LogP contribution in [0, 0.1) is 0 Å². The maximum absolute atomic E-state index is 12.3. The van der Waals surface area contributed by atoms with Gasteiger partial charge < -0.3 is 15.6 Å².